The standard InChI is InChI=1S/C21H20F3N3O4S/c22-16-10-12(2-1-5-27-32(30)31)19(23)18(20(16)24)21(29)13-3-4-17-14(8-13)9-15(11-26-17)25-6-7-28/h3-4,8-11,25,27-28H,1-2,5-7H2,(H,30,31)/p-1. The molecule has 3 rings (SSSR count). The molecular formula is C21H19F3N3O4S-. The predicted molar refractivity (Wildman–Crippen MR) is 112 cm³/mol. The summed E-state index contributed by atoms with van der Waals surface area (Å²) >= 11 is -2.49. The molecule has 0 amide bonds. The number of benzene rings is 2. The van der Waals surface area contributed by atoms with Crippen LogP contribution in [0, 0.1) is 17.5 Å². The maximum atomic E-state index is 14.9. The maximum absolute atomic E-state index is 14.9. The number of hydrogen-bond acceptors (Lipinski definition) is 6. The molecule has 2 aromatic carbocycles. The molecule has 0 spiro atoms. The van der Waals surface area contributed by atoms with Crippen LogP contribution in [0.2, 0.25) is 0 Å². The zero-order valence-electron chi connectivity index (χ0n) is 16.7. The number of fused-ring (bicyclic) bond motifs is 1. The number of nitrogens with zero attached hydrogens (tertiary/aromatic N) is 1. The van der Waals surface area contributed by atoms with Crippen molar-refractivity contribution in [3.05, 3.63) is 70.7 Å². The SMILES string of the molecule is O=C(c1ccc2ncc(NCCO)cc2c1)c1c(F)c(F)cc(CCCNS(=O)[O-])c1F. The van der Waals surface area contributed by atoms with E-state index in [2.05, 4.69) is 15.0 Å². The second-order valence-corrected chi connectivity index (χ2v) is 7.62. The van der Waals surface area contributed by atoms with Crippen LogP contribution < -0.4 is 10.0 Å². The van der Waals surface area contributed by atoms with Crippen molar-refractivity contribution in [3.8, 4) is 0 Å². The monoisotopic (exact) mass is 466 g/mol. The number of aliphatic hydroxyl groups excluding tert-OH is 1. The fourth-order valence-corrected chi connectivity index (χ4v) is 3.50. The summed E-state index contributed by atoms with van der Waals surface area (Å²) < 4.78 is 66.5. The molecule has 0 bridgehead atoms. The van der Waals surface area contributed by atoms with Gasteiger partial charge in [-0.25, -0.2) is 17.9 Å². The number of ketones is 1. The highest BCUT2D eigenvalue weighted by atomic mass is 32.2. The van der Waals surface area contributed by atoms with Crippen molar-refractivity contribution in [2.75, 3.05) is 25.0 Å². The van der Waals surface area contributed by atoms with Crippen LogP contribution >= 0.6 is 0 Å². The van der Waals surface area contributed by atoms with Gasteiger partial charge >= 0.3 is 0 Å². The number of halogens is 3. The van der Waals surface area contributed by atoms with Crippen molar-refractivity contribution < 1.29 is 31.8 Å². The summed E-state index contributed by atoms with van der Waals surface area (Å²) in [6, 6.07) is 6.56. The van der Waals surface area contributed by atoms with E-state index in [1.807, 2.05) is 0 Å². The first-order chi connectivity index (χ1) is 15.3. The normalized spacial score (nSPS) is 12.2. The third-order valence-corrected chi connectivity index (χ3v) is 5.13. The molecule has 0 fully saturated rings. The molecule has 0 radical (unpaired) electrons. The topological polar surface area (TPSA) is 114 Å². The first kappa shape index (κ1) is 23.8. The van der Waals surface area contributed by atoms with Gasteiger partial charge < -0.3 is 15.0 Å². The zero-order chi connectivity index (χ0) is 23.3. The quantitative estimate of drug-likeness (QED) is 0.183. The second-order valence-electron chi connectivity index (χ2n) is 6.86. The van der Waals surface area contributed by atoms with Gasteiger partial charge in [0, 0.05) is 35.3 Å². The van der Waals surface area contributed by atoms with Gasteiger partial charge in [0.15, 0.2) is 17.4 Å². The number of anilines is 1. The molecule has 0 aliphatic carbocycles. The molecule has 32 heavy (non-hydrogen) atoms. The van der Waals surface area contributed by atoms with Crippen molar-refractivity contribution in [2.24, 2.45) is 0 Å². The van der Waals surface area contributed by atoms with Crippen molar-refractivity contribution in [1.29, 1.82) is 0 Å². The molecule has 170 valence electrons. The molecule has 7 nitrogen and oxygen atoms in total. The lowest BCUT2D eigenvalue weighted by Gasteiger charge is -2.12. The highest BCUT2D eigenvalue weighted by Gasteiger charge is 2.25. The van der Waals surface area contributed by atoms with Crippen molar-refractivity contribution in [3.63, 3.8) is 0 Å². The highest BCUT2D eigenvalue weighted by molar-refractivity contribution is 7.77. The van der Waals surface area contributed by atoms with E-state index in [1.54, 1.807) is 6.07 Å². The number of hydrogen-bond donors (Lipinski definition) is 3. The maximum Gasteiger partial charge on any atom is 0.199 e. The molecule has 0 aliphatic heterocycles. The van der Waals surface area contributed by atoms with Crippen LogP contribution in [-0.2, 0) is 17.7 Å². The number of aromatic nitrogens is 1. The summed E-state index contributed by atoms with van der Waals surface area (Å²) in [6.45, 7) is 0.165. The number of carbonyl (C=O) groups is 1. The van der Waals surface area contributed by atoms with E-state index in [9.17, 15) is 26.7 Å². The van der Waals surface area contributed by atoms with Crippen LogP contribution in [0.5, 0.6) is 0 Å². The fourth-order valence-electron chi connectivity index (χ4n) is 3.19. The highest BCUT2D eigenvalue weighted by Crippen LogP contribution is 2.26. The van der Waals surface area contributed by atoms with Gasteiger partial charge in [0.2, 0.25) is 0 Å². The average molecular weight is 466 g/mol. The Bertz CT molecular complexity index is 1180. The molecule has 0 saturated heterocycles. The molecule has 0 saturated carbocycles. The lowest BCUT2D eigenvalue weighted by atomic mass is 9.96. The molecule has 1 atom stereocenters. The lowest BCUT2D eigenvalue weighted by Crippen LogP contribution is -2.18. The van der Waals surface area contributed by atoms with E-state index in [0.29, 0.717) is 22.7 Å². The van der Waals surface area contributed by atoms with Crippen molar-refractivity contribution in [1.82, 2.24) is 9.71 Å². The summed E-state index contributed by atoms with van der Waals surface area (Å²) in [5, 5.41) is 12.3. The first-order valence-electron chi connectivity index (χ1n) is 9.60. The van der Waals surface area contributed by atoms with Crippen LogP contribution in [0.3, 0.4) is 0 Å². The van der Waals surface area contributed by atoms with E-state index < -0.39 is 40.1 Å². The molecule has 1 heterocycles. The van der Waals surface area contributed by atoms with Gasteiger partial charge in [0.25, 0.3) is 0 Å². The average Bonchev–Trinajstić information content (AvgIpc) is 2.77. The number of nitrogens with one attached hydrogen (secondary N) is 2. The van der Waals surface area contributed by atoms with E-state index in [4.69, 9.17) is 5.11 Å². The van der Waals surface area contributed by atoms with Gasteiger partial charge in [-0.2, -0.15) is 0 Å². The molecule has 11 heteroatoms. The van der Waals surface area contributed by atoms with Crippen molar-refractivity contribution >= 4 is 33.6 Å². The molecular weight excluding hydrogens is 447 g/mol. The summed E-state index contributed by atoms with van der Waals surface area (Å²) in [6.07, 6.45) is 1.55. The summed E-state index contributed by atoms with van der Waals surface area (Å²) in [5.74, 6) is -5.18. The molecule has 1 unspecified atom stereocenters. The van der Waals surface area contributed by atoms with E-state index >= 15 is 0 Å². The predicted octanol–water partition coefficient (Wildman–Crippen LogP) is 2.60. The largest absolute Gasteiger partial charge is 0.760 e. The van der Waals surface area contributed by atoms with Crippen LogP contribution in [0.4, 0.5) is 18.9 Å². The number of carbonyl (C=O) groups excluding carboxylic acids is 1. The molecule has 3 N–H and O–H groups in total. The van der Waals surface area contributed by atoms with Gasteiger partial charge in [0.1, 0.15) is 5.82 Å². The van der Waals surface area contributed by atoms with Gasteiger partial charge in [-0.1, -0.05) is 0 Å². The Kier molecular flexibility index (Phi) is 7.91. The first-order valence-corrected chi connectivity index (χ1v) is 10.7. The number of aliphatic hydroxyl groups is 1. The Balaban J connectivity index is 1.93. The minimum absolute atomic E-state index is 0.0256. The van der Waals surface area contributed by atoms with E-state index in [1.165, 1.54) is 24.4 Å². The van der Waals surface area contributed by atoms with Gasteiger partial charge in [-0.15, -0.1) is 0 Å². The van der Waals surface area contributed by atoms with Gasteiger partial charge in [-0.3, -0.25) is 14.0 Å². The Morgan fingerprint density at radius 3 is 2.62 bits per heavy atom. The van der Waals surface area contributed by atoms with Gasteiger partial charge in [0.05, 0.1) is 29.6 Å². The molecule has 0 aliphatic rings. The summed E-state index contributed by atoms with van der Waals surface area (Å²) in [5.41, 5.74) is -0.198. The number of aryl methyl sites for hydroxylation is 1. The molecule has 1 aromatic heterocycles. The Labute approximate surface area is 184 Å². The number of pyridine rings is 1. The van der Waals surface area contributed by atoms with Crippen LogP contribution in [-0.4, -0.2) is 44.3 Å². The van der Waals surface area contributed by atoms with Gasteiger partial charge in [-0.05, 0) is 48.7 Å². The van der Waals surface area contributed by atoms with Crippen LogP contribution in [0.1, 0.15) is 27.9 Å². The third-order valence-electron chi connectivity index (χ3n) is 4.69. The van der Waals surface area contributed by atoms with Crippen molar-refractivity contribution in [2.45, 2.75) is 12.8 Å². The summed E-state index contributed by atoms with van der Waals surface area (Å²) in [4.78, 5) is 17.1. The Hall–Kier alpha value is -2.86. The smallest absolute Gasteiger partial charge is 0.199 e. The summed E-state index contributed by atoms with van der Waals surface area (Å²) in [7, 11) is 0. The van der Waals surface area contributed by atoms with Crippen LogP contribution in [0.15, 0.2) is 36.5 Å². The Morgan fingerprint density at radius 1 is 1.12 bits per heavy atom. The zero-order valence-corrected chi connectivity index (χ0v) is 17.5. The van der Waals surface area contributed by atoms with Crippen LogP contribution in [0.25, 0.3) is 10.9 Å². The fraction of sp³-hybridized carbons (Fsp3) is 0.238. The molecule has 3 aromatic rings. The Morgan fingerprint density at radius 2 is 1.91 bits per heavy atom. The minimum Gasteiger partial charge on any atom is -0.760 e. The minimum atomic E-state index is -2.49. The second kappa shape index (κ2) is 10.6. The lowest BCUT2D eigenvalue weighted by molar-refractivity contribution is 0.102. The third kappa shape index (κ3) is 5.49. The van der Waals surface area contributed by atoms with E-state index in [0.717, 1.165) is 0 Å². The number of rotatable bonds is 10. The van der Waals surface area contributed by atoms with E-state index in [-0.39, 0.29) is 43.7 Å².